The fraction of sp³-hybridized carbons (Fsp3) is 0.529. The molecule has 0 N–H and O–H groups in total. The first-order valence-corrected chi connectivity index (χ1v) is 8.71. The van der Waals surface area contributed by atoms with Crippen LogP contribution in [0.4, 0.5) is 0 Å². The highest BCUT2D eigenvalue weighted by Gasteiger charge is 2.36. The highest BCUT2D eigenvalue weighted by Crippen LogP contribution is 2.31. The molecule has 0 radical (unpaired) electrons. The number of benzene rings is 1. The number of hydrogen-bond donors (Lipinski definition) is 0. The summed E-state index contributed by atoms with van der Waals surface area (Å²) in [5.41, 5.74) is 2.14. The topological polar surface area (TPSA) is 52.4 Å². The van der Waals surface area contributed by atoms with E-state index >= 15 is 0 Å². The first-order valence-electron chi connectivity index (χ1n) is 8.33. The molecule has 1 fully saturated rings. The summed E-state index contributed by atoms with van der Waals surface area (Å²) in [6, 6.07) is 6.12. The van der Waals surface area contributed by atoms with Gasteiger partial charge in [-0.25, -0.2) is 4.68 Å². The van der Waals surface area contributed by atoms with Crippen LogP contribution in [0.25, 0.3) is 0 Å². The number of piperidine rings is 1. The van der Waals surface area contributed by atoms with Crippen molar-refractivity contribution in [1.29, 1.82) is 0 Å². The van der Waals surface area contributed by atoms with Crippen LogP contribution < -0.4 is 4.74 Å². The van der Waals surface area contributed by atoms with Crippen LogP contribution in [-0.2, 0) is 11.3 Å². The number of para-hydroxylation sites is 1. The van der Waals surface area contributed by atoms with Gasteiger partial charge in [0.2, 0.25) is 0 Å². The third kappa shape index (κ3) is 3.01. The average molecular weight is 349 g/mol. The van der Waals surface area contributed by atoms with E-state index in [0.29, 0.717) is 24.3 Å². The molecule has 0 aliphatic carbocycles. The van der Waals surface area contributed by atoms with Crippen molar-refractivity contribution in [3.8, 4) is 5.75 Å². The van der Waals surface area contributed by atoms with E-state index in [0.717, 1.165) is 43.1 Å². The minimum absolute atomic E-state index is 0.176. The lowest BCUT2D eigenvalue weighted by Crippen LogP contribution is -2.49. The second kappa shape index (κ2) is 6.70. The van der Waals surface area contributed by atoms with Crippen LogP contribution in [0.15, 0.2) is 24.4 Å². The van der Waals surface area contributed by atoms with Crippen molar-refractivity contribution < 1.29 is 9.47 Å². The third-order valence-electron chi connectivity index (χ3n) is 4.83. The molecule has 0 amide bonds. The highest BCUT2D eigenvalue weighted by molar-refractivity contribution is 6.32. The molecule has 2 atom stereocenters. The summed E-state index contributed by atoms with van der Waals surface area (Å²) in [7, 11) is 0. The largest absolute Gasteiger partial charge is 0.490 e. The zero-order valence-electron chi connectivity index (χ0n) is 13.7. The predicted octanol–water partition coefficient (Wildman–Crippen LogP) is 2.46. The van der Waals surface area contributed by atoms with Crippen LogP contribution in [0.3, 0.4) is 0 Å². The molecular weight excluding hydrogens is 328 g/mol. The molecule has 1 saturated heterocycles. The van der Waals surface area contributed by atoms with Gasteiger partial charge in [-0.3, -0.25) is 4.90 Å². The zero-order valence-corrected chi connectivity index (χ0v) is 14.4. The highest BCUT2D eigenvalue weighted by atomic mass is 35.5. The molecule has 4 rings (SSSR count). The molecule has 0 bridgehead atoms. The fourth-order valence-electron chi connectivity index (χ4n) is 3.53. The molecule has 3 heterocycles. The third-order valence-corrected chi connectivity index (χ3v) is 5.13. The van der Waals surface area contributed by atoms with Crippen molar-refractivity contribution in [1.82, 2.24) is 19.9 Å². The number of nitrogens with zero attached hydrogens (tertiary/aromatic N) is 4. The van der Waals surface area contributed by atoms with Crippen molar-refractivity contribution >= 4 is 11.6 Å². The SMILES string of the molecule is Cc1cccc(Cl)c1OCCN1CC[C@H]2[C@H](C1)OCc1cnnn12. The van der Waals surface area contributed by atoms with Gasteiger partial charge >= 0.3 is 0 Å². The van der Waals surface area contributed by atoms with Gasteiger partial charge in [0.15, 0.2) is 0 Å². The number of likely N-dealkylation sites (tertiary alicyclic amines) is 1. The average Bonchev–Trinajstić information content (AvgIpc) is 3.06. The molecule has 128 valence electrons. The summed E-state index contributed by atoms with van der Waals surface area (Å²) < 4.78 is 13.9. The van der Waals surface area contributed by atoms with Gasteiger partial charge in [-0.05, 0) is 25.0 Å². The normalized spacial score (nSPS) is 23.6. The van der Waals surface area contributed by atoms with Crippen molar-refractivity contribution in [2.75, 3.05) is 26.2 Å². The number of aryl methyl sites for hydroxylation is 1. The Hall–Kier alpha value is -1.63. The molecule has 24 heavy (non-hydrogen) atoms. The number of fused-ring (bicyclic) bond motifs is 3. The molecule has 2 aliphatic heterocycles. The minimum atomic E-state index is 0.176. The molecular formula is C17H21ClN4O2. The summed E-state index contributed by atoms with van der Waals surface area (Å²) in [5.74, 6) is 0.787. The monoisotopic (exact) mass is 348 g/mol. The first-order chi connectivity index (χ1) is 11.7. The number of ether oxygens (including phenoxy) is 2. The number of hydrogen-bond acceptors (Lipinski definition) is 5. The van der Waals surface area contributed by atoms with E-state index in [4.69, 9.17) is 21.1 Å². The Morgan fingerprint density at radius 2 is 2.33 bits per heavy atom. The Morgan fingerprint density at radius 3 is 3.21 bits per heavy atom. The molecule has 7 heteroatoms. The molecule has 0 unspecified atom stereocenters. The van der Waals surface area contributed by atoms with E-state index < -0.39 is 0 Å². The maximum absolute atomic E-state index is 6.21. The van der Waals surface area contributed by atoms with E-state index in [-0.39, 0.29) is 6.10 Å². The fourth-order valence-corrected chi connectivity index (χ4v) is 3.81. The number of halogens is 1. The molecule has 1 aromatic carbocycles. The molecule has 6 nitrogen and oxygen atoms in total. The Labute approximate surface area is 146 Å². The maximum Gasteiger partial charge on any atom is 0.140 e. The summed E-state index contributed by atoms with van der Waals surface area (Å²) in [6.07, 6.45) is 2.99. The van der Waals surface area contributed by atoms with E-state index in [9.17, 15) is 0 Å². The molecule has 0 spiro atoms. The Bertz CT molecular complexity index is 700. The summed E-state index contributed by atoms with van der Waals surface area (Å²) in [6.45, 7) is 6.00. The van der Waals surface area contributed by atoms with Gasteiger partial charge in [-0.1, -0.05) is 28.9 Å². The van der Waals surface area contributed by atoms with Crippen LogP contribution in [-0.4, -0.2) is 52.2 Å². The molecule has 2 aromatic rings. The predicted molar refractivity (Wildman–Crippen MR) is 90.4 cm³/mol. The Balaban J connectivity index is 1.32. The summed E-state index contributed by atoms with van der Waals surface area (Å²) in [4.78, 5) is 2.38. The van der Waals surface area contributed by atoms with Gasteiger partial charge in [0.05, 0.1) is 35.7 Å². The quantitative estimate of drug-likeness (QED) is 0.849. The lowest BCUT2D eigenvalue weighted by atomic mass is 10.0. The van der Waals surface area contributed by atoms with Gasteiger partial charge in [-0.15, -0.1) is 5.10 Å². The standard InChI is InChI=1S/C17H21ClN4O2/c1-12-3-2-4-14(18)17(12)23-8-7-21-6-5-15-16(10-21)24-11-13-9-19-20-22(13)15/h2-4,9,15-16H,5-8,10-11H2,1H3/t15-,16-/m0/s1. The van der Waals surface area contributed by atoms with Gasteiger partial charge in [-0.2, -0.15) is 0 Å². The van der Waals surface area contributed by atoms with Crippen LogP contribution in [0.2, 0.25) is 5.02 Å². The van der Waals surface area contributed by atoms with Crippen LogP contribution in [0.1, 0.15) is 23.7 Å². The van der Waals surface area contributed by atoms with Crippen LogP contribution >= 0.6 is 11.6 Å². The Morgan fingerprint density at radius 1 is 1.42 bits per heavy atom. The lowest BCUT2D eigenvalue weighted by molar-refractivity contribution is -0.0701. The lowest BCUT2D eigenvalue weighted by Gasteiger charge is -2.40. The minimum Gasteiger partial charge on any atom is -0.490 e. The molecule has 0 saturated carbocycles. The van der Waals surface area contributed by atoms with Gasteiger partial charge in [0, 0.05) is 19.6 Å². The van der Waals surface area contributed by atoms with E-state index in [1.54, 1.807) is 6.20 Å². The van der Waals surface area contributed by atoms with Crippen molar-refractivity contribution in [3.63, 3.8) is 0 Å². The van der Waals surface area contributed by atoms with E-state index in [1.165, 1.54) is 0 Å². The Kier molecular flexibility index (Phi) is 4.43. The van der Waals surface area contributed by atoms with Crippen molar-refractivity contribution in [2.45, 2.75) is 32.1 Å². The van der Waals surface area contributed by atoms with Crippen molar-refractivity contribution in [2.24, 2.45) is 0 Å². The van der Waals surface area contributed by atoms with E-state index in [2.05, 4.69) is 15.2 Å². The second-order valence-electron chi connectivity index (χ2n) is 6.41. The van der Waals surface area contributed by atoms with Gasteiger partial charge < -0.3 is 9.47 Å². The molecule has 1 aromatic heterocycles. The number of rotatable bonds is 4. The van der Waals surface area contributed by atoms with Crippen LogP contribution in [0, 0.1) is 6.92 Å². The van der Waals surface area contributed by atoms with E-state index in [1.807, 2.05) is 29.8 Å². The summed E-state index contributed by atoms with van der Waals surface area (Å²) >= 11 is 6.21. The number of aromatic nitrogens is 3. The van der Waals surface area contributed by atoms with Gasteiger partial charge in [0.1, 0.15) is 12.4 Å². The summed E-state index contributed by atoms with van der Waals surface area (Å²) in [5, 5.41) is 8.89. The maximum atomic E-state index is 6.21. The van der Waals surface area contributed by atoms with Crippen LogP contribution in [0.5, 0.6) is 5.75 Å². The van der Waals surface area contributed by atoms with Crippen molar-refractivity contribution in [3.05, 3.63) is 40.7 Å². The zero-order chi connectivity index (χ0) is 16.5. The van der Waals surface area contributed by atoms with Gasteiger partial charge in [0.25, 0.3) is 0 Å². The molecule has 2 aliphatic rings. The first kappa shape index (κ1) is 15.9. The smallest absolute Gasteiger partial charge is 0.140 e. The second-order valence-corrected chi connectivity index (χ2v) is 6.82.